The molecule has 0 amide bonds. The summed E-state index contributed by atoms with van der Waals surface area (Å²) in [5.74, 6) is 0. The Bertz CT molecular complexity index is 837. The van der Waals surface area contributed by atoms with E-state index >= 15 is 0 Å². The molecule has 3 aromatic rings. The second-order valence-corrected chi connectivity index (χ2v) is 4.92. The highest BCUT2D eigenvalue weighted by molar-refractivity contribution is 6.22. The van der Waals surface area contributed by atoms with Gasteiger partial charge in [-0.2, -0.15) is 0 Å². The number of hydrogen-bond acceptors (Lipinski definition) is 1. The van der Waals surface area contributed by atoms with E-state index in [0.29, 0.717) is 0 Å². The molecule has 20 heavy (non-hydrogen) atoms. The quantitative estimate of drug-likeness (QED) is 0.581. The number of rotatable bonds is 1. The van der Waals surface area contributed by atoms with Gasteiger partial charge in [-0.25, -0.2) is 4.99 Å². The van der Waals surface area contributed by atoms with E-state index in [1.165, 1.54) is 21.9 Å². The molecule has 1 aliphatic rings. The van der Waals surface area contributed by atoms with Gasteiger partial charge < -0.3 is 0 Å². The van der Waals surface area contributed by atoms with Crippen LogP contribution in [0.2, 0.25) is 0 Å². The second kappa shape index (κ2) is 4.46. The first-order valence-electron chi connectivity index (χ1n) is 6.76. The van der Waals surface area contributed by atoms with Crippen LogP contribution in [-0.4, -0.2) is 5.71 Å². The van der Waals surface area contributed by atoms with Gasteiger partial charge in [-0.3, -0.25) is 0 Å². The summed E-state index contributed by atoms with van der Waals surface area (Å²) >= 11 is 0. The van der Waals surface area contributed by atoms with Crippen molar-refractivity contribution in [1.82, 2.24) is 0 Å². The number of aliphatic imine (C=N–C) groups is 1. The topological polar surface area (TPSA) is 12.4 Å². The van der Waals surface area contributed by atoms with E-state index in [0.717, 1.165) is 11.4 Å². The number of para-hydroxylation sites is 1. The van der Waals surface area contributed by atoms with E-state index in [1.807, 2.05) is 30.3 Å². The Balaban J connectivity index is 1.97. The highest BCUT2D eigenvalue weighted by atomic mass is 14.7. The number of benzene rings is 3. The molecule has 0 aromatic heterocycles. The molecular formula is C19H13N. The van der Waals surface area contributed by atoms with Crippen LogP contribution in [0.5, 0.6) is 0 Å². The van der Waals surface area contributed by atoms with E-state index in [1.54, 1.807) is 0 Å². The molecular weight excluding hydrogens is 242 g/mol. The van der Waals surface area contributed by atoms with E-state index in [2.05, 4.69) is 48.6 Å². The molecule has 1 heteroatoms. The second-order valence-electron chi connectivity index (χ2n) is 4.92. The van der Waals surface area contributed by atoms with Crippen LogP contribution < -0.4 is 0 Å². The molecule has 0 atom stereocenters. The molecule has 1 aliphatic carbocycles. The zero-order valence-electron chi connectivity index (χ0n) is 11.0. The van der Waals surface area contributed by atoms with Crippen LogP contribution in [-0.2, 0) is 0 Å². The molecule has 0 spiro atoms. The third-order valence-corrected chi connectivity index (χ3v) is 3.64. The third kappa shape index (κ3) is 1.76. The average molecular weight is 255 g/mol. The largest absolute Gasteiger partial charge is 0.248 e. The van der Waals surface area contributed by atoms with E-state index in [4.69, 9.17) is 4.99 Å². The first-order valence-corrected chi connectivity index (χ1v) is 6.76. The molecule has 0 fully saturated rings. The van der Waals surface area contributed by atoms with Gasteiger partial charge in [0.1, 0.15) is 0 Å². The summed E-state index contributed by atoms with van der Waals surface area (Å²) in [5, 5.41) is 2.57. The van der Waals surface area contributed by atoms with Crippen molar-refractivity contribution < 1.29 is 0 Å². The lowest BCUT2D eigenvalue weighted by Crippen LogP contribution is -2.02. The monoisotopic (exact) mass is 255 g/mol. The Labute approximate surface area is 117 Å². The maximum absolute atomic E-state index is 4.77. The van der Waals surface area contributed by atoms with Crippen molar-refractivity contribution in [3.05, 3.63) is 83.9 Å². The lowest BCUT2D eigenvalue weighted by Gasteiger charge is -2.14. The van der Waals surface area contributed by atoms with E-state index in [-0.39, 0.29) is 0 Å². The maximum Gasteiger partial charge on any atom is 0.0715 e. The highest BCUT2D eigenvalue weighted by Crippen LogP contribution is 2.29. The fourth-order valence-corrected chi connectivity index (χ4v) is 2.72. The molecule has 3 aromatic carbocycles. The van der Waals surface area contributed by atoms with Crippen LogP contribution in [0.3, 0.4) is 0 Å². The fourth-order valence-electron chi connectivity index (χ4n) is 2.72. The molecule has 0 radical (unpaired) electrons. The van der Waals surface area contributed by atoms with Gasteiger partial charge in [-0.15, -0.1) is 0 Å². The van der Waals surface area contributed by atoms with Crippen molar-refractivity contribution in [3.8, 4) is 0 Å². The highest BCUT2D eigenvalue weighted by Gasteiger charge is 2.12. The van der Waals surface area contributed by atoms with Crippen molar-refractivity contribution in [2.45, 2.75) is 0 Å². The van der Waals surface area contributed by atoms with Crippen molar-refractivity contribution in [1.29, 1.82) is 0 Å². The van der Waals surface area contributed by atoms with Crippen molar-refractivity contribution >= 4 is 28.2 Å². The zero-order chi connectivity index (χ0) is 13.4. The van der Waals surface area contributed by atoms with E-state index < -0.39 is 0 Å². The van der Waals surface area contributed by atoms with Crippen LogP contribution >= 0.6 is 0 Å². The summed E-state index contributed by atoms with van der Waals surface area (Å²) in [4.78, 5) is 4.77. The Morgan fingerprint density at radius 3 is 2.30 bits per heavy atom. The summed E-state index contributed by atoms with van der Waals surface area (Å²) in [5.41, 5.74) is 4.50. The summed E-state index contributed by atoms with van der Waals surface area (Å²) in [6.45, 7) is 0. The molecule has 0 unspecified atom stereocenters. The van der Waals surface area contributed by atoms with Gasteiger partial charge in [0.25, 0.3) is 0 Å². The minimum absolute atomic E-state index is 0.989. The van der Waals surface area contributed by atoms with Gasteiger partial charge in [0.15, 0.2) is 0 Å². The molecule has 0 saturated heterocycles. The average Bonchev–Trinajstić information content (AvgIpc) is 2.51. The summed E-state index contributed by atoms with van der Waals surface area (Å²) in [6, 6.07) is 22.9. The molecule has 0 saturated carbocycles. The Morgan fingerprint density at radius 1 is 0.650 bits per heavy atom. The predicted octanol–water partition coefficient (Wildman–Crippen LogP) is 4.99. The summed E-state index contributed by atoms with van der Waals surface area (Å²) in [6.07, 6.45) is 4.25. The van der Waals surface area contributed by atoms with Crippen molar-refractivity contribution in [2.24, 2.45) is 4.99 Å². The minimum Gasteiger partial charge on any atom is -0.248 e. The SMILES string of the molecule is C1=Cc2cccc3cccc(c23)C1=Nc1ccccc1. The fraction of sp³-hybridized carbons (Fsp3) is 0. The van der Waals surface area contributed by atoms with Crippen LogP contribution in [0.1, 0.15) is 11.1 Å². The molecule has 0 bridgehead atoms. The standard InChI is InChI=1S/C19H13N/c1-2-9-16(10-3-1)20-18-13-12-15-7-4-6-14-8-5-11-17(18)19(14)15/h1-13H. The first kappa shape index (κ1) is 11.2. The van der Waals surface area contributed by atoms with Crippen LogP contribution in [0.15, 0.2) is 77.8 Å². The van der Waals surface area contributed by atoms with Gasteiger partial charge in [0.05, 0.1) is 11.4 Å². The lowest BCUT2D eigenvalue weighted by molar-refractivity contribution is 1.50. The molecule has 4 rings (SSSR count). The Hall–Kier alpha value is -2.67. The van der Waals surface area contributed by atoms with Crippen LogP contribution in [0.25, 0.3) is 16.8 Å². The summed E-state index contributed by atoms with van der Waals surface area (Å²) < 4.78 is 0. The molecule has 0 heterocycles. The van der Waals surface area contributed by atoms with Crippen LogP contribution in [0.4, 0.5) is 5.69 Å². The normalized spacial score (nSPS) is 14.9. The number of nitrogens with zero attached hydrogens (tertiary/aromatic N) is 1. The minimum atomic E-state index is 0.989. The molecule has 94 valence electrons. The van der Waals surface area contributed by atoms with Gasteiger partial charge in [-0.1, -0.05) is 60.7 Å². The van der Waals surface area contributed by atoms with Gasteiger partial charge in [-0.05, 0) is 34.5 Å². The number of hydrogen-bond donors (Lipinski definition) is 0. The molecule has 1 nitrogen and oxygen atoms in total. The van der Waals surface area contributed by atoms with Crippen molar-refractivity contribution in [2.75, 3.05) is 0 Å². The van der Waals surface area contributed by atoms with Crippen molar-refractivity contribution in [3.63, 3.8) is 0 Å². The zero-order valence-corrected chi connectivity index (χ0v) is 11.0. The van der Waals surface area contributed by atoms with Gasteiger partial charge in [0, 0.05) is 5.56 Å². The first-order chi connectivity index (χ1) is 9.92. The smallest absolute Gasteiger partial charge is 0.0715 e. The molecule has 0 aliphatic heterocycles. The maximum atomic E-state index is 4.77. The summed E-state index contributed by atoms with van der Waals surface area (Å²) in [7, 11) is 0. The molecule has 0 N–H and O–H groups in total. The Kier molecular flexibility index (Phi) is 2.49. The van der Waals surface area contributed by atoms with Crippen LogP contribution in [0, 0.1) is 0 Å². The van der Waals surface area contributed by atoms with E-state index in [9.17, 15) is 0 Å². The van der Waals surface area contributed by atoms with Gasteiger partial charge in [0.2, 0.25) is 0 Å². The lowest BCUT2D eigenvalue weighted by atomic mass is 9.92. The third-order valence-electron chi connectivity index (χ3n) is 3.64. The Morgan fingerprint density at radius 2 is 1.45 bits per heavy atom. The predicted molar refractivity (Wildman–Crippen MR) is 85.6 cm³/mol. The van der Waals surface area contributed by atoms with Gasteiger partial charge >= 0.3 is 0 Å². The number of allylic oxidation sites excluding steroid dienone is 1.